The minimum atomic E-state index is -0.439. The van der Waals surface area contributed by atoms with Crippen LogP contribution in [0.4, 0.5) is 10.8 Å². The van der Waals surface area contributed by atoms with Crippen LogP contribution in [0.15, 0.2) is 42.0 Å². The van der Waals surface area contributed by atoms with Crippen LogP contribution in [-0.2, 0) is 11.2 Å². The average molecular weight is 367 g/mol. The normalized spacial score (nSPS) is 10.4. The van der Waals surface area contributed by atoms with E-state index < -0.39 is 5.91 Å². The van der Waals surface area contributed by atoms with Crippen LogP contribution in [0.25, 0.3) is 0 Å². The minimum Gasteiger partial charge on any atom is -0.326 e. The summed E-state index contributed by atoms with van der Waals surface area (Å²) in [7, 11) is 0. The first-order valence-corrected chi connectivity index (χ1v) is 8.79. The number of benzene rings is 1. The van der Waals surface area contributed by atoms with Gasteiger partial charge in [0.05, 0.1) is 12.1 Å². The Kier molecular flexibility index (Phi) is 5.33. The summed E-state index contributed by atoms with van der Waals surface area (Å²) in [5.41, 5.74) is 3.52. The molecule has 0 aliphatic carbocycles. The molecule has 3 aromatic rings. The number of hydrogen-bond acceptors (Lipinski definition) is 6. The quantitative estimate of drug-likeness (QED) is 0.723. The lowest BCUT2D eigenvalue weighted by Gasteiger charge is -2.08. The highest BCUT2D eigenvalue weighted by Gasteiger charge is 2.13. The summed E-state index contributed by atoms with van der Waals surface area (Å²) in [6, 6.07) is 7.48. The van der Waals surface area contributed by atoms with Crippen molar-refractivity contribution >= 4 is 34.0 Å². The Labute approximate surface area is 154 Å². The van der Waals surface area contributed by atoms with Crippen LogP contribution in [0.1, 0.15) is 27.4 Å². The number of hydrogen-bond donors (Lipinski definition) is 2. The molecule has 0 bridgehead atoms. The van der Waals surface area contributed by atoms with Gasteiger partial charge >= 0.3 is 0 Å². The highest BCUT2D eigenvalue weighted by molar-refractivity contribution is 7.14. The van der Waals surface area contributed by atoms with Crippen molar-refractivity contribution in [2.75, 3.05) is 10.6 Å². The average Bonchev–Trinajstić information content (AvgIpc) is 3.05. The predicted molar refractivity (Wildman–Crippen MR) is 100 cm³/mol. The van der Waals surface area contributed by atoms with Gasteiger partial charge in [0.2, 0.25) is 11.7 Å². The van der Waals surface area contributed by atoms with E-state index in [1.807, 2.05) is 32.0 Å². The zero-order valence-electron chi connectivity index (χ0n) is 14.3. The molecular formula is C18H17N5O2S. The van der Waals surface area contributed by atoms with Crippen LogP contribution in [0.2, 0.25) is 0 Å². The third-order valence-electron chi connectivity index (χ3n) is 3.54. The van der Waals surface area contributed by atoms with Crippen molar-refractivity contribution in [2.45, 2.75) is 20.3 Å². The van der Waals surface area contributed by atoms with Crippen LogP contribution in [0, 0.1) is 13.8 Å². The third-order valence-corrected chi connectivity index (χ3v) is 4.35. The van der Waals surface area contributed by atoms with Gasteiger partial charge in [0.15, 0.2) is 5.13 Å². The Balaban J connectivity index is 1.59. The van der Waals surface area contributed by atoms with Gasteiger partial charge in [-0.2, -0.15) is 0 Å². The van der Waals surface area contributed by atoms with Crippen LogP contribution < -0.4 is 10.6 Å². The van der Waals surface area contributed by atoms with Crippen molar-refractivity contribution in [2.24, 2.45) is 0 Å². The molecule has 2 amide bonds. The van der Waals surface area contributed by atoms with Gasteiger partial charge in [-0.05, 0) is 31.5 Å². The van der Waals surface area contributed by atoms with E-state index in [2.05, 4.69) is 25.6 Å². The van der Waals surface area contributed by atoms with E-state index in [9.17, 15) is 9.59 Å². The summed E-state index contributed by atoms with van der Waals surface area (Å²) >= 11 is 1.25. The standard InChI is InChI=1S/C18H17N5O2S/c1-11-4-5-14(12(2)8-11)22-15(24)9-13-10-26-18(21-13)23-17(25)16-19-6-3-7-20-16/h3-8,10H,9H2,1-2H3,(H,22,24)(H,21,23,25). The molecule has 0 aliphatic rings. The molecule has 0 fully saturated rings. The summed E-state index contributed by atoms with van der Waals surface area (Å²) in [4.78, 5) is 36.2. The van der Waals surface area contributed by atoms with Gasteiger partial charge in [0.25, 0.3) is 5.91 Å². The molecule has 2 aromatic heterocycles. The molecule has 0 aliphatic heterocycles. The number of thiazole rings is 1. The second-order valence-corrected chi connectivity index (χ2v) is 6.57. The Morgan fingerprint density at radius 1 is 1.12 bits per heavy atom. The van der Waals surface area contributed by atoms with E-state index >= 15 is 0 Å². The monoisotopic (exact) mass is 367 g/mol. The summed E-state index contributed by atoms with van der Waals surface area (Å²) in [5, 5.41) is 7.65. The first kappa shape index (κ1) is 17.7. The van der Waals surface area contributed by atoms with E-state index in [0.717, 1.165) is 16.8 Å². The van der Waals surface area contributed by atoms with Gasteiger partial charge < -0.3 is 5.32 Å². The van der Waals surface area contributed by atoms with E-state index in [1.54, 1.807) is 11.4 Å². The maximum Gasteiger partial charge on any atom is 0.295 e. The van der Waals surface area contributed by atoms with E-state index in [0.29, 0.717) is 10.8 Å². The molecule has 0 saturated carbocycles. The van der Waals surface area contributed by atoms with Crippen molar-refractivity contribution < 1.29 is 9.59 Å². The van der Waals surface area contributed by atoms with Gasteiger partial charge in [0, 0.05) is 23.5 Å². The Bertz CT molecular complexity index is 940. The number of nitrogens with one attached hydrogen (secondary N) is 2. The number of aromatic nitrogens is 3. The SMILES string of the molecule is Cc1ccc(NC(=O)Cc2csc(NC(=O)c3ncccn3)n2)c(C)c1. The Hall–Kier alpha value is -3.13. The molecule has 8 heteroatoms. The lowest BCUT2D eigenvalue weighted by Crippen LogP contribution is -2.16. The van der Waals surface area contributed by atoms with Crippen molar-refractivity contribution in [3.8, 4) is 0 Å². The minimum absolute atomic E-state index is 0.0665. The third kappa shape index (κ3) is 4.48. The number of anilines is 2. The van der Waals surface area contributed by atoms with Gasteiger partial charge in [-0.25, -0.2) is 15.0 Å². The van der Waals surface area contributed by atoms with Crippen molar-refractivity contribution in [3.63, 3.8) is 0 Å². The fourth-order valence-corrected chi connectivity index (χ4v) is 3.03. The van der Waals surface area contributed by atoms with E-state index in [1.165, 1.54) is 23.7 Å². The second-order valence-electron chi connectivity index (χ2n) is 5.71. The first-order valence-electron chi connectivity index (χ1n) is 7.91. The van der Waals surface area contributed by atoms with Crippen LogP contribution >= 0.6 is 11.3 Å². The van der Waals surface area contributed by atoms with E-state index in [-0.39, 0.29) is 18.2 Å². The summed E-state index contributed by atoms with van der Waals surface area (Å²) in [6.07, 6.45) is 3.11. The first-order chi connectivity index (χ1) is 12.5. The molecule has 3 rings (SSSR count). The molecule has 0 saturated heterocycles. The van der Waals surface area contributed by atoms with Crippen LogP contribution in [-0.4, -0.2) is 26.8 Å². The summed E-state index contributed by atoms with van der Waals surface area (Å²) in [5.74, 6) is -0.533. The highest BCUT2D eigenvalue weighted by Crippen LogP contribution is 2.19. The molecule has 7 nitrogen and oxygen atoms in total. The molecule has 2 N–H and O–H groups in total. The van der Waals surface area contributed by atoms with Crippen LogP contribution in [0.5, 0.6) is 0 Å². The molecule has 0 atom stereocenters. The van der Waals surface area contributed by atoms with E-state index in [4.69, 9.17) is 0 Å². The number of amides is 2. The van der Waals surface area contributed by atoms with Crippen LogP contribution in [0.3, 0.4) is 0 Å². The molecule has 1 aromatic carbocycles. The number of carbonyl (C=O) groups excluding carboxylic acids is 2. The number of nitrogens with zero attached hydrogens (tertiary/aromatic N) is 3. The molecule has 26 heavy (non-hydrogen) atoms. The van der Waals surface area contributed by atoms with Gasteiger partial charge in [0.1, 0.15) is 0 Å². The molecular weight excluding hydrogens is 350 g/mol. The summed E-state index contributed by atoms with van der Waals surface area (Å²) < 4.78 is 0. The lowest BCUT2D eigenvalue weighted by atomic mass is 10.1. The van der Waals surface area contributed by atoms with Gasteiger partial charge in [-0.1, -0.05) is 17.7 Å². The second kappa shape index (κ2) is 7.83. The Morgan fingerprint density at radius 2 is 1.88 bits per heavy atom. The number of aryl methyl sites for hydroxylation is 2. The smallest absolute Gasteiger partial charge is 0.295 e. The zero-order valence-corrected chi connectivity index (χ0v) is 15.1. The number of rotatable bonds is 5. The van der Waals surface area contributed by atoms with Crippen molar-refractivity contribution in [3.05, 3.63) is 64.7 Å². The largest absolute Gasteiger partial charge is 0.326 e. The molecule has 2 heterocycles. The highest BCUT2D eigenvalue weighted by atomic mass is 32.1. The fraction of sp³-hybridized carbons (Fsp3) is 0.167. The van der Waals surface area contributed by atoms with Crippen molar-refractivity contribution in [1.82, 2.24) is 15.0 Å². The fourth-order valence-electron chi connectivity index (χ4n) is 2.33. The molecule has 0 unspecified atom stereocenters. The zero-order chi connectivity index (χ0) is 18.5. The summed E-state index contributed by atoms with van der Waals surface area (Å²) in [6.45, 7) is 3.95. The number of carbonyl (C=O) groups is 2. The predicted octanol–water partition coefficient (Wildman–Crippen LogP) is 2.98. The molecule has 132 valence electrons. The molecule has 0 radical (unpaired) electrons. The van der Waals surface area contributed by atoms with Gasteiger partial charge in [-0.15, -0.1) is 11.3 Å². The van der Waals surface area contributed by atoms with Gasteiger partial charge in [-0.3, -0.25) is 14.9 Å². The lowest BCUT2D eigenvalue weighted by molar-refractivity contribution is -0.115. The maximum atomic E-state index is 12.2. The Morgan fingerprint density at radius 3 is 2.62 bits per heavy atom. The topological polar surface area (TPSA) is 96.9 Å². The molecule has 0 spiro atoms. The maximum absolute atomic E-state index is 12.2. The van der Waals surface area contributed by atoms with Crippen molar-refractivity contribution in [1.29, 1.82) is 0 Å².